The number of hydrogen-bond acceptors (Lipinski definition) is 6. The third-order valence-electron chi connectivity index (χ3n) is 4.19. The van der Waals surface area contributed by atoms with Crippen molar-refractivity contribution in [2.75, 3.05) is 50.1 Å². The van der Waals surface area contributed by atoms with Crippen LogP contribution in [0, 0.1) is 0 Å². The van der Waals surface area contributed by atoms with Gasteiger partial charge in [-0.2, -0.15) is 0 Å². The first-order valence-corrected chi connectivity index (χ1v) is 8.86. The van der Waals surface area contributed by atoms with Crippen LogP contribution in [0.15, 0.2) is 36.7 Å². The van der Waals surface area contributed by atoms with Gasteiger partial charge in [0, 0.05) is 39.5 Å². The Labute approximate surface area is 162 Å². The minimum atomic E-state index is -0.228. The lowest BCUT2D eigenvalue weighted by Crippen LogP contribution is -2.49. The summed E-state index contributed by atoms with van der Waals surface area (Å²) in [4.78, 5) is 36.3. The van der Waals surface area contributed by atoms with Gasteiger partial charge in [0.2, 0.25) is 5.91 Å². The van der Waals surface area contributed by atoms with Gasteiger partial charge in [0.05, 0.1) is 17.4 Å². The van der Waals surface area contributed by atoms with Crippen LogP contribution < -0.4 is 10.2 Å². The molecule has 0 aromatic carbocycles. The maximum absolute atomic E-state index is 12.6. The summed E-state index contributed by atoms with van der Waals surface area (Å²) in [5.41, 5.74) is 1.03. The van der Waals surface area contributed by atoms with E-state index in [0.29, 0.717) is 37.4 Å². The molecule has 2 aromatic rings. The van der Waals surface area contributed by atoms with E-state index in [-0.39, 0.29) is 23.6 Å². The van der Waals surface area contributed by atoms with Gasteiger partial charge in [-0.05, 0) is 24.3 Å². The number of anilines is 2. The maximum atomic E-state index is 12.6. The molecule has 0 bridgehead atoms. The lowest BCUT2D eigenvalue weighted by atomic mass is 10.2. The van der Waals surface area contributed by atoms with E-state index in [1.165, 1.54) is 7.11 Å². The van der Waals surface area contributed by atoms with Crippen LogP contribution in [0.4, 0.5) is 11.5 Å². The molecule has 3 heterocycles. The quantitative estimate of drug-likeness (QED) is 0.783. The van der Waals surface area contributed by atoms with Crippen LogP contribution in [0.2, 0.25) is 5.15 Å². The van der Waals surface area contributed by atoms with Gasteiger partial charge >= 0.3 is 0 Å². The first kappa shape index (κ1) is 19.1. The van der Waals surface area contributed by atoms with Crippen LogP contribution in [0.25, 0.3) is 0 Å². The maximum Gasteiger partial charge on any atom is 0.257 e. The Morgan fingerprint density at radius 2 is 1.96 bits per heavy atom. The van der Waals surface area contributed by atoms with Crippen LogP contribution >= 0.6 is 11.6 Å². The molecule has 1 fully saturated rings. The number of nitrogens with zero attached hydrogens (tertiary/aromatic N) is 4. The highest BCUT2D eigenvalue weighted by molar-refractivity contribution is 6.32. The van der Waals surface area contributed by atoms with Gasteiger partial charge in [0.1, 0.15) is 17.6 Å². The van der Waals surface area contributed by atoms with Crippen molar-refractivity contribution in [3.05, 3.63) is 47.4 Å². The molecule has 2 aromatic heterocycles. The summed E-state index contributed by atoms with van der Waals surface area (Å²) in [6.45, 7) is 2.45. The largest absolute Gasteiger partial charge is 0.375 e. The Bertz CT molecular complexity index is 807. The molecule has 1 aliphatic heterocycles. The van der Waals surface area contributed by atoms with E-state index in [4.69, 9.17) is 16.3 Å². The summed E-state index contributed by atoms with van der Waals surface area (Å²) in [5.74, 6) is 0.455. The van der Waals surface area contributed by atoms with E-state index < -0.39 is 0 Å². The molecule has 8 nitrogen and oxygen atoms in total. The molecule has 2 amide bonds. The summed E-state index contributed by atoms with van der Waals surface area (Å²) >= 11 is 6.02. The number of hydrogen-bond donors (Lipinski definition) is 1. The predicted molar refractivity (Wildman–Crippen MR) is 102 cm³/mol. The van der Waals surface area contributed by atoms with Crippen molar-refractivity contribution in [1.29, 1.82) is 0 Å². The van der Waals surface area contributed by atoms with Gasteiger partial charge in [-0.1, -0.05) is 11.6 Å². The predicted octanol–water partition coefficient (Wildman–Crippen LogP) is 1.68. The van der Waals surface area contributed by atoms with Gasteiger partial charge < -0.3 is 19.9 Å². The van der Waals surface area contributed by atoms with Crippen LogP contribution in [-0.2, 0) is 9.53 Å². The highest BCUT2D eigenvalue weighted by atomic mass is 35.5. The Morgan fingerprint density at radius 3 is 2.59 bits per heavy atom. The zero-order chi connectivity index (χ0) is 19.2. The second kappa shape index (κ2) is 8.79. The van der Waals surface area contributed by atoms with Crippen LogP contribution in [0.3, 0.4) is 0 Å². The molecule has 0 aliphatic carbocycles. The Hall–Kier alpha value is -2.71. The molecule has 0 unspecified atom stereocenters. The van der Waals surface area contributed by atoms with Crippen molar-refractivity contribution >= 4 is 34.9 Å². The number of carbonyl (C=O) groups excluding carboxylic acids is 2. The number of amides is 2. The summed E-state index contributed by atoms with van der Waals surface area (Å²) in [6.07, 6.45) is 3.17. The molecule has 0 saturated carbocycles. The fraction of sp³-hybridized carbons (Fsp3) is 0.333. The van der Waals surface area contributed by atoms with Gasteiger partial charge in [0.25, 0.3) is 5.91 Å². The van der Waals surface area contributed by atoms with Crippen molar-refractivity contribution in [1.82, 2.24) is 14.9 Å². The fourth-order valence-corrected chi connectivity index (χ4v) is 3.03. The van der Waals surface area contributed by atoms with Gasteiger partial charge in [-0.25, -0.2) is 9.97 Å². The molecule has 1 N–H and O–H groups in total. The third-order valence-corrected chi connectivity index (χ3v) is 4.49. The van der Waals surface area contributed by atoms with Crippen molar-refractivity contribution < 1.29 is 14.3 Å². The zero-order valence-corrected chi connectivity index (χ0v) is 15.6. The fourth-order valence-electron chi connectivity index (χ4n) is 2.83. The minimum Gasteiger partial charge on any atom is -0.375 e. The number of nitrogens with one attached hydrogen (secondary N) is 1. The highest BCUT2D eigenvalue weighted by Crippen LogP contribution is 2.19. The van der Waals surface area contributed by atoms with E-state index >= 15 is 0 Å². The monoisotopic (exact) mass is 389 g/mol. The topological polar surface area (TPSA) is 87.7 Å². The van der Waals surface area contributed by atoms with Gasteiger partial charge in [-0.3, -0.25) is 9.59 Å². The molecule has 0 atom stereocenters. The van der Waals surface area contributed by atoms with Gasteiger partial charge in [-0.15, -0.1) is 0 Å². The summed E-state index contributed by atoms with van der Waals surface area (Å²) in [5, 5.41) is 2.92. The zero-order valence-electron chi connectivity index (χ0n) is 14.9. The Balaban J connectivity index is 1.57. The molecule has 27 heavy (non-hydrogen) atoms. The molecular weight excluding hydrogens is 370 g/mol. The number of methoxy groups -OCH3 is 1. The first-order chi connectivity index (χ1) is 13.1. The molecule has 1 aliphatic rings. The SMILES string of the molecule is COCC(=O)Nc1ccc(N2CCN(C(=O)c3cccnc3Cl)CC2)nc1. The second-order valence-corrected chi connectivity index (χ2v) is 6.37. The number of rotatable bonds is 5. The lowest BCUT2D eigenvalue weighted by Gasteiger charge is -2.35. The highest BCUT2D eigenvalue weighted by Gasteiger charge is 2.24. The Morgan fingerprint density at radius 1 is 1.19 bits per heavy atom. The number of aromatic nitrogens is 2. The molecule has 0 radical (unpaired) electrons. The first-order valence-electron chi connectivity index (χ1n) is 8.48. The van der Waals surface area contributed by atoms with Crippen LogP contribution in [-0.4, -0.2) is 66.6 Å². The molecule has 3 rings (SSSR count). The lowest BCUT2D eigenvalue weighted by molar-refractivity contribution is -0.119. The Kier molecular flexibility index (Phi) is 6.20. The molecule has 9 heteroatoms. The molecular formula is C18H20ClN5O3. The normalized spacial score (nSPS) is 14.1. The van der Waals surface area contributed by atoms with Crippen LogP contribution in [0.5, 0.6) is 0 Å². The smallest absolute Gasteiger partial charge is 0.257 e. The van der Waals surface area contributed by atoms with Crippen molar-refractivity contribution in [3.63, 3.8) is 0 Å². The van der Waals surface area contributed by atoms with E-state index in [9.17, 15) is 9.59 Å². The van der Waals surface area contributed by atoms with E-state index in [1.54, 1.807) is 35.5 Å². The van der Waals surface area contributed by atoms with E-state index in [1.807, 2.05) is 6.07 Å². The molecule has 142 valence electrons. The standard InChI is InChI=1S/C18H20ClN5O3/c1-27-12-16(25)22-13-4-5-15(21-11-13)23-7-9-24(10-8-23)18(26)14-3-2-6-20-17(14)19/h2-6,11H,7-10,12H2,1H3,(H,22,25). The van der Waals surface area contributed by atoms with Crippen LogP contribution in [0.1, 0.15) is 10.4 Å². The van der Waals surface area contributed by atoms with Gasteiger partial charge in [0.15, 0.2) is 0 Å². The third kappa shape index (κ3) is 4.72. The number of pyridine rings is 2. The molecule has 0 spiro atoms. The molecule has 1 saturated heterocycles. The number of carbonyl (C=O) groups is 2. The minimum absolute atomic E-state index is 0.00130. The summed E-state index contributed by atoms with van der Waals surface area (Å²) < 4.78 is 4.78. The number of piperazine rings is 1. The number of halogens is 1. The van der Waals surface area contributed by atoms with Crippen molar-refractivity contribution in [3.8, 4) is 0 Å². The second-order valence-electron chi connectivity index (χ2n) is 6.01. The summed E-state index contributed by atoms with van der Waals surface area (Å²) in [6, 6.07) is 7.02. The van der Waals surface area contributed by atoms with Crippen molar-refractivity contribution in [2.45, 2.75) is 0 Å². The van der Waals surface area contributed by atoms with E-state index in [0.717, 1.165) is 5.82 Å². The van der Waals surface area contributed by atoms with Crippen molar-refractivity contribution in [2.24, 2.45) is 0 Å². The number of ether oxygens (including phenoxy) is 1. The van der Waals surface area contributed by atoms with E-state index in [2.05, 4.69) is 20.2 Å². The average Bonchev–Trinajstić information content (AvgIpc) is 2.69. The average molecular weight is 390 g/mol. The summed E-state index contributed by atoms with van der Waals surface area (Å²) in [7, 11) is 1.47.